The van der Waals surface area contributed by atoms with E-state index in [4.69, 9.17) is 21.1 Å². The van der Waals surface area contributed by atoms with Crippen molar-refractivity contribution in [1.82, 2.24) is 9.55 Å². The molecule has 146 valence electrons. The zero-order chi connectivity index (χ0) is 20.1. The minimum absolute atomic E-state index is 0.181. The summed E-state index contributed by atoms with van der Waals surface area (Å²) in [6.45, 7) is 0. The van der Waals surface area contributed by atoms with E-state index in [1.54, 1.807) is 18.3 Å². The van der Waals surface area contributed by atoms with Gasteiger partial charge < -0.3 is 14.8 Å². The molecule has 1 N–H and O–H groups in total. The smallest absolute Gasteiger partial charge is 0.234 e. The van der Waals surface area contributed by atoms with Crippen molar-refractivity contribution in [2.24, 2.45) is 0 Å². The number of hydrogen-bond donors (Lipinski definition) is 1. The Hall–Kier alpha value is -2.16. The summed E-state index contributed by atoms with van der Waals surface area (Å²) < 4.78 is 13.4. The first-order chi connectivity index (χ1) is 13.5. The van der Waals surface area contributed by atoms with Crippen LogP contribution in [0.25, 0.3) is 5.69 Å². The number of aromatic nitrogens is 2. The molecule has 28 heavy (non-hydrogen) atoms. The van der Waals surface area contributed by atoms with Crippen molar-refractivity contribution in [2.75, 3.05) is 25.3 Å². The molecule has 0 unspecified atom stereocenters. The number of benzene rings is 2. The molecule has 3 rings (SSSR count). The quantitative estimate of drug-likeness (QED) is 0.478. The Balaban J connectivity index is 1.68. The van der Waals surface area contributed by atoms with Crippen LogP contribution in [0, 0.1) is 0 Å². The molecule has 0 atom stereocenters. The molecule has 0 bridgehead atoms. The van der Waals surface area contributed by atoms with Crippen LogP contribution in [0.3, 0.4) is 0 Å². The third-order valence-corrected chi connectivity index (χ3v) is 5.58. The van der Waals surface area contributed by atoms with Gasteiger partial charge in [-0.2, -0.15) is 0 Å². The van der Waals surface area contributed by atoms with Crippen LogP contribution in [0.4, 0.5) is 5.69 Å². The number of hydrogen-bond acceptors (Lipinski definition) is 5. The van der Waals surface area contributed by atoms with Gasteiger partial charge in [-0.05, 0) is 30.3 Å². The molecule has 0 radical (unpaired) electrons. The lowest BCUT2D eigenvalue weighted by Gasteiger charge is -2.13. The van der Waals surface area contributed by atoms with Gasteiger partial charge in [0.1, 0.15) is 11.5 Å². The monoisotopic (exact) mass is 481 g/mol. The number of carbonyl (C=O) groups is 1. The van der Waals surface area contributed by atoms with E-state index < -0.39 is 0 Å². The molecule has 0 aliphatic carbocycles. The van der Waals surface area contributed by atoms with Gasteiger partial charge in [0.15, 0.2) is 5.16 Å². The van der Waals surface area contributed by atoms with Crippen molar-refractivity contribution < 1.29 is 14.3 Å². The summed E-state index contributed by atoms with van der Waals surface area (Å²) in [5.74, 6) is 0.925. The molecule has 1 aromatic heterocycles. The van der Waals surface area contributed by atoms with E-state index in [0.29, 0.717) is 22.2 Å². The van der Waals surface area contributed by atoms with Crippen LogP contribution in [0.15, 0.2) is 58.4 Å². The van der Waals surface area contributed by atoms with Gasteiger partial charge in [-0.3, -0.25) is 9.36 Å². The average Bonchev–Trinajstić information content (AvgIpc) is 3.16. The zero-order valence-electron chi connectivity index (χ0n) is 15.1. The second-order valence-electron chi connectivity index (χ2n) is 5.58. The number of imidazole rings is 1. The molecule has 0 fully saturated rings. The van der Waals surface area contributed by atoms with Crippen LogP contribution < -0.4 is 14.8 Å². The van der Waals surface area contributed by atoms with E-state index in [-0.39, 0.29) is 11.7 Å². The average molecular weight is 483 g/mol. The van der Waals surface area contributed by atoms with Gasteiger partial charge >= 0.3 is 0 Å². The lowest BCUT2D eigenvalue weighted by atomic mass is 10.2. The Morgan fingerprint density at radius 3 is 2.61 bits per heavy atom. The van der Waals surface area contributed by atoms with Gasteiger partial charge in [0, 0.05) is 28.6 Å². The Morgan fingerprint density at radius 2 is 1.93 bits per heavy atom. The van der Waals surface area contributed by atoms with E-state index in [9.17, 15) is 4.79 Å². The maximum Gasteiger partial charge on any atom is 0.234 e. The lowest BCUT2D eigenvalue weighted by molar-refractivity contribution is -0.113. The van der Waals surface area contributed by atoms with Gasteiger partial charge in [-0.25, -0.2) is 4.98 Å². The molecular weight excluding hydrogens is 466 g/mol. The van der Waals surface area contributed by atoms with Crippen molar-refractivity contribution >= 4 is 50.9 Å². The Morgan fingerprint density at radius 1 is 1.21 bits per heavy atom. The standard InChI is InChI=1S/C19H17BrClN3O3S/c1-26-16-10-17(27-2)15(9-14(16)21)23-18(25)11-28-19-22-7-8-24(19)13-5-3-12(20)4-6-13/h3-10H,11H2,1-2H3,(H,23,25). The van der Waals surface area contributed by atoms with Crippen LogP contribution in [0.1, 0.15) is 0 Å². The molecule has 0 saturated carbocycles. The maximum absolute atomic E-state index is 12.4. The normalized spacial score (nSPS) is 10.6. The molecule has 0 aliphatic heterocycles. The molecule has 1 heterocycles. The molecular formula is C19H17BrClN3O3S. The predicted octanol–water partition coefficient (Wildman–Crippen LogP) is 5.04. The SMILES string of the molecule is COc1cc(OC)c(NC(=O)CSc2nccn2-c2ccc(Br)cc2)cc1Cl. The number of rotatable bonds is 7. The Bertz CT molecular complexity index is 979. The number of thioether (sulfide) groups is 1. The van der Waals surface area contributed by atoms with Crippen molar-refractivity contribution in [2.45, 2.75) is 5.16 Å². The maximum atomic E-state index is 12.4. The summed E-state index contributed by atoms with van der Waals surface area (Å²) in [6, 6.07) is 11.1. The molecule has 9 heteroatoms. The highest BCUT2D eigenvalue weighted by molar-refractivity contribution is 9.10. The summed E-state index contributed by atoms with van der Waals surface area (Å²) in [5, 5.41) is 3.92. The first-order valence-corrected chi connectivity index (χ1v) is 10.3. The second kappa shape index (κ2) is 9.36. The number of methoxy groups -OCH3 is 2. The van der Waals surface area contributed by atoms with E-state index >= 15 is 0 Å². The van der Waals surface area contributed by atoms with E-state index in [1.165, 1.54) is 26.0 Å². The third-order valence-electron chi connectivity index (χ3n) is 3.79. The van der Waals surface area contributed by atoms with Gasteiger partial charge in [0.25, 0.3) is 0 Å². The number of anilines is 1. The third kappa shape index (κ3) is 4.81. The number of ether oxygens (including phenoxy) is 2. The molecule has 0 saturated heterocycles. The minimum Gasteiger partial charge on any atom is -0.495 e. The fourth-order valence-corrected chi connectivity index (χ4v) is 3.75. The highest BCUT2D eigenvalue weighted by Crippen LogP contribution is 2.36. The number of nitrogens with one attached hydrogen (secondary N) is 1. The van der Waals surface area contributed by atoms with Crippen LogP contribution in [0.2, 0.25) is 5.02 Å². The first-order valence-electron chi connectivity index (χ1n) is 8.15. The largest absolute Gasteiger partial charge is 0.495 e. The zero-order valence-corrected chi connectivity index (χ0v) is 18.3. The number of carbonyl (C=O) groups excluding carboxylic acids is 1. The highest BCUT2D eigenvalue weighted by Gasteiger charge is 2.14. The molecule has 0 spiro atoms. The van der Waals surface area contributed by atoms with Gasteiger partial charge in [-0.15, -0.1) is 0 Å². The van der Waals surface area contributed by atoms with E-state index in [2.05, 4.69) is 26.2 Å². The van der Waals surface area contributed by atoms with Crippen LogP contribution in [-0.4, -0.2) is 35.4 Å². The van der Waals surface area contributed by atoms with E-state index in [1.807, 2.05) is 35.0 Å². The summed E-state index contributed by atoms with van der Waals surface area (Å²) in [6.07, 6.45) is 3.56. The minimum atomic E-state index is -0.199. The highest BCUT2D eigenvalue weighted by atomic mass is 79.9. The number of halogens is 2. The summed E-state index contributed by atoms with van der Waals surface area (Å²) in [7, 11) is 3.03. The molecule has 3 aromatic rings. The number of amides is 1. The summed E-state index contributed by atoms with van der Waals surface area (Å²) in [5.41, 5.74) is 1.45. The van der Waals surface area contributed by atoms with Gasteiger partial charge in [0.05, 0.1) is 30.7 Å². The van der Waals surface area contributed by atoms with Crippen molar-refractivity contribution in [3.05, 3.63) is 58.3 Å². The van der Waals surface area contributed by atoms with Crippen molar-refractivity contribution in [3.63, 3.8) is 0 Å². The molecule has 0 aliphatic rings. The van der Waals surface area contributed by atoms with Crippen molar-refractivity contribution in [3.8, 4) is 17.2 Å². The molecule has 1 amide bonds. The molecule has 6 nitrogen and oxygen atoms in total. The van der Waals surface area contributed by atoms with Gasteiger partial charge in [-0.1, -0.05) is 39.3 Å². The van der Waals surface area contributed by atoms with E-state index in [0.717, 1.165) is 15.3 Å². The van der Waals surface area contributed by atoms with Crippen LogP contribution >= 0.6 is 39.3 Å². The first kappa shape index (κ1) is 20.6. The van der Waals surface area contributed by atoms with Crippen LogP contribution in [0.5, 0.6) is 11.5 Å². The number of nitrogens with zero attached hydrogens (tertiary/aromatic N) is 2. The second-order valence-corrected chi connectivity index (χ2v) is 7.85. The molecule has 2 aromatic carbocycles. The summed E-state index contributed by atoms with van der Waals surface area (Å²) >= 11 is 10.9. The Kier molecular flexibility index (Phi) is 6.88. The lowest BCUT2D eigenvalue weighted by Crippen LogP contribution is -2.15. The predicted molar refractivity (Wildman–Crippen MR) is 115 cm³/mol. The fourth-order valence-electron chi connectivity index (χ4n) is 2.47. The summed E-state index contributed by atoms with van der Waals surface area (Å²) in [4.78, 5) is 16.8. The Labute approximate surface area is 180 Å². The van der Waals surface area contributed by atoms with Crippen molar-refractivity contribution in [1.29, 1.82) is 0 Å². The fraction of sp³-hybridized carbons (Fsp3) is 0.158. The van der Waals surface area contributed by atoms with Gasteiger partial charge in [0.2, 0.25) is 5.91 Å². The topological polar surface area (TPSA) is 65.4 Å². The van der Waals surface area contributed by atoms with Crippen LogP contribution in [-0.2, 0) is 4.79 Å².